The van der Waals surface area contributed by atoms with Gasteiger partial charge in [-0.1, -0.05) is 103 Å². The molecule has 0 aliphatic carbocycles. The molecule has 0 saturated heterocycles. The second kappa shape index (κ2) is 26.7. The lowest BCUT2D eigenvalue weighted by Gasteiger charge is -2.28. The summed E-state index contributed by atoms with van der Waals surface area (Å²) < 4.78 is 0. The molecule has 45 heavy (non-hydrogen) atoms. The molecule has 256 valence electrons. The summed E-state index contributed by atoms with van der Waals surface area (Å²) in [6, 6.07) is -1.75. The third kappa shape index (κ3) is 23.4. The Morgan fingerprint density at radius 2 is 0.911 bits per heavy atom. The van der Waals surface area contributed by atoms with E-state index in [-0.39, 0.29) is 19.5 Å². The molecule has 0 aromatic heterocycles. The molecule has 4 N–H and O–H groups in total. The summed E-state index contributed by atoms with van der Waals surface area (Å²) >= 11 is 0. The zero-order valence-electron chi connectivity index (χ0n) is 26.9. The first-order valence-corrected chi connectivity index (χ1v) is 16.4. The van der Waals surface area contributed by atoms with Gasteiger partial charge in [-0.05, 0) is 12.8 Å². The predicted molar refractivity (Wildman–Crippen MR) is 170 cm³/mol. The van der Waals surface area contributed by atoms with Gasteiger partial charge in [0.2, 0.25) is 11.8 Å². The van der Waals surface area contributed by atoms with Crippen molar-refractivity contribution in [1.29, 1.82) is 0 Å². The van der Waals surface area contributed by atoms with E-state index < -0.39 is 48.2 Å². The lowest BCUT2D eigenvalue weighted by molar-refractivity contribution is -0.153. The molecule has 0 radical (unpaired) electrons. The van der Waals surface area contributed by atoms with E-state index in [4.69, 9.17) is 15.3 Å². The summed E-state index contributed by atoms with van der Waals surface area (Å²) in [5, 5.41) is 36.4. The first-order valence-electron chi connectivity index (χ1n) is 16.4. The number of carbonyl (C=O) groups is 6. The molecule has 0 bridgehead atoms. The van der Waals surface area contributed by atoms with Crippen molar-refractivity contribution in [2.24, 2.45) is 0 Å². The minimum Gasteiger partial charge on any atom is -0.481 e. The predicted octanol–water partition coefficient (Wildman–Crippen LogP) is 5.50. The van der Waals surface area contributed by atoms with Gasteiger partial charge in [-0.15, -0.1) is 0 Å². The van der Waals surface area contributed by atoms with Gasteiger partial charge in [0.15, 0.2) is 0 Å². The fraction of sp³-hybridized carbons (Fsp3) is 0.697. The molecule has 0 aliphatic rings. The molecule has 1 unspecified atom stereocenters. The second-order valence-corrected chi connectivity index (χ2v) is 11.3. The first-order chi connectivity index (χ1) is 21.5. The van der Waals surface area contributed by atoms with E-state index in [1.165, 1.54) is 75.5 Å². The fourth-order valence-electron chi connectivity index (χ4n) is 5.02. The molecule has 0 spiro atoms. The summed E-state index contributed by atoms with van der Waals surface area (Å²) in [6.45, 7) is 2.34. The number of carboxylic acid groups (broad SMARTS) is 4. The Bertz CT molecular complexity index is 963. The number of rotatable bonds is 29. The van der Waals surface area contributed by atoms with Crippen LogP contribution in [0.15, 0.2) is 24.3 Å². The highest BCUT2D eigenvalue weighted by molar-refractivity contribution is 5.96. The van der Waals surface area contributed by atoms with Crippen LogP contribution >= 0.6 is 0 Å². The summed E-state index contributed by atoms with van der Waals surface area (Å²) in [7, 11) is 0. The number of hydrogen-bond donors (Lipinski definition) is 4. The average Bonchev–Trinajstić information content (AvgIpc) is 2.98. The molecule has 0 aliphatic heterocycles. The molecule has 0 saturated carbocycles. The molecule has 0 rings (SSSR count). The molecule has 0 aromatic carbocycles. The molecule has 12 nitrogen and oxygen atoms in total. The van der Waals surface area contributed by atoms with Gasteiger partial charge in [-0.25, -0.2) is 14.4 Å². The van der Waals surface area contributed by atoms with E-state index in [2.05, 4.69) is 6.92 Å². The van der Waals surface area contributed by atoms with Gasteiger partial charge < -0.3 is 30.2 Å². The number of amides is 2. The van der Waals surface area contributed by atoms with Crippen LogP contribution in [-0.2, 0) is 28.8 Å². The van der Waals surface area contributed by atoms with Crippen molar-refractivity contribution in [1.82, 2.24) is 9.80 Å². The molecular weight excluding hydrogens is 584 g/mol. The number of nitrogens with zero attached hydrogens (tertiary/aromatic N) is 2. The Kier molecular flexibility index (Phi) is 24.5. The zero-order valence-corrected chi connectivity index (χ0v) is 26.9. The molecule has 0 heterocycles. The highest BCUT2D eigenvalue weighted by Gasteiger charge is 2.31. The lowest BCUT2D eigenvalue weighted by atomic mass is 10.0. The van der Waals surface area contributed by atoms with Gasteiger partial charge in [0, 0.05) is 43.9 Å². The van der Waals surface area contributed by atoms with Crippen LogP contribution in [0.4, 0.5) is 0 Å². The monoisotopic (exact) mass is 638 g/mol. The smallest absolute Gasteiger partial charge is 0.328 e. The standard InChI is InChI=1S/C33H54N2O10/c1-2-3-4-5-6-7-8-9-10-11-12-13-14-15-16-17-23-34(28(36)19-21-30(38)39)24-18-25-35(29(37)20-22-31(40)41)27(33(44)45)26-32(42)43/h19-22,27H,2-18,23-26H2,1H3,(H,38,39)(H,40,41)(H,42,43)(H,44,45). The van der Waals surface area contributed by atoms with E-state index in [0.717, 1.165) is 42.7 Å². The Hall–Kier alpha value is -3.70. The van der Waals surface area contributed by atoms with Gasteiger partial charge in [0.05, 0.1) is 6.42 Å². The Morgan fingerprint density at radius 3 is 1.31 bits per heavy atom. The topological polar surface area (TPSA) is 190 Å². The Labute approximate surface area is 267 Å². The summed E-state index contributed by atoms with van der Waals surface area (Å²) in [6.07, 6.45) is 21.1. The van der Waals surface area contributed by atoms with E-state index in [9.17, 15) is 33.9 Å². The lowest BCUT2D eigenvalue weighted by Crippen LogP contribution is -2.47. The maximum absolute atomic E-state index is 12.7. The molecule has 0 aromatic rings. The van der Waals surface area contributed by atoms with Crippen molar-refractivity contribution >= 4 is 35.7 Å². The van der Waals surface area contributed by atoms with E-state index in [0.29, 0.717) is 25.1 Å². The van der Waals surface area contributed by atoms with Crippen LogP contribution in [0, 0.1) is 0 Å². The van der Waals surface area contributed by atoms with E-state index in [1.807, 2.05) is 0 Å². The van der Waals surface area contributed by atoms with Gasteiger partial charge >= 0.3 is 23.9 Å². The normalized spacial score (nSPS) is 11.9. The third-order valence-corrected chi connectivity index (χ3v) is 7.47. The Morgan fingerprint density at radius 1 is 0.511 bits per heavy atom. The van der Waals surface area contributed by atoms with Crippen LogP contribution in [-0.4, -0.2) is 91.6 Å². The number of unbranched alkanes of at least 4 members (excludes halogenated alkanes) is 15. The first kappa shape index (κ1) is 41.3. The Balaban J connectivity index is 4.76. The van der Waals surface area contributed by atoms with Crippen molar-refractivity contribution in [2.75, 3.05) is 19.6 Å². The van der Waals surface area contributed by atoms with Crippen LogP contribution < -0.4 is 0 Å². The van der Waals surface area contributed by atoms with Crippen LogP contribution in [0.5, 0.6) is 0 Å². The van der Waals surface area contributed by atoms with Crippen molar-refractivity contribution in [3.63, 3.8) is 0 Å². The van der Waals surface area contributed by atoms with Crippen molar-refractivity contribution < 1.29 is 49.2 Å². The largest absolute Gasteiger partial charge is 0.481 e. The quantitative estimate of drug-likeness (QED) is 0.0601. The van der Waals surface area contributed by atoms with Crippen molar-refractivity contribution in [2.45, 2.75) is 129 Å². The summed E-state index contributed by atoms with van der Waals surface area (Å²) in [4.78, 5) is 72.0. The molecule has 12 heteroatoms. The number of aliphatic carboxylic acids is 4. The minimum absolute atomic E-state index is 0.0490. The maximum atomic E-state index is 12.7. The SMILES string of the molecule is CCCCCCCCCCCCCCCCCCN(CCCN(C(=O)C=CC(=O)O)C(CC(=O)O)C(=O)O)C(=O)C=CC(=O)O. The van der Waals surface area contributed by atoms with Crippen LogP contribution in [0.25, 0.3) is 0 Å². The van der Waals surface area contributed by atoms with Crippen LogP contribution in [0.3, 0.4) is 0 Å². The van der Waals surface area contributed by atoms with E-state index >= 15 is 0 Å². The third-order valence-electron chi connectivity index (χ3n) is 7.47. The molecule has 1 atom stereocenters. The number of carboxylic acids is 4. The minimum atomic E-state index is -1.75. The molecular formula is C33H54N2O10. The zero-order chi connectivity index (χ0) is 33.9. The van der Waals surface area contributed by atoms with Gasteiger partial charge in [-0.2, -0.15) is 0 Å². The number of carbonyl (C=O) groups excluding carboxylic acids is 2. The van der Waals surface area contributed by atoms with Crippen molar-refractivity contribution in [3.05, 3.63) is 24.3 Å². The van der Waals surface area contributed by atoms with E-state index in [1.54, 1.807) is 0 Å². The summed E-state index contributed by atoms with van der Waals surface area (Å²) in [5.41, 5.74) is 0. The highest BCUT2D eigenvalue weighted by atomic mass is 16.4. The molecule has 0 fully saturated rings. The van der Waals surface area contributed by atoms with Crippen LogP contribution in [0.1, 0.15) is 122 Å². The van der Waals surface area contributed by atoms with Crippen LogP contribution in [0.2, 0.25) is 0 Å². The maximum Gasteiger partial charge on any atom is 0.328 e. The van der Waals surface area contributed by atoms with Gasteiger partial charge in [-0.3, -0.25) is 14.4 Å². The highest BCUT2D eigenvalue weighted by Crippen LogP contribution is 2.14. The second-order valence-electron chi connectivity index (χ2n) is 11.3. The summed E-state index contributed by atoms with van der Waals surface area (Å²) in [5.74, 6) is -7.30. The van der Waals surface area contributed by atoms with Gasteiger partial charge in [0.25, 0.3) is 0 Å². The number of hydrogen-bond acceptors (Lipinski definition) is 6. The molecule has 2 amide bonds. The van der Waals surface area contributed by atoms with Gasteiger partial charge in [0.1, 0.15) is 6.04 Å². The fourth-order valence-corrected chi connectivity index (χ4v) is 5.02. The average molecular weight is 639 g/mol. The van der Waals surface area contributed by atoms with Crippen molar-refractivity contribution in [3.8, 4) is 0 Å².